The first-order valence-corrected chi connectivity index (χ1v) is 9.97. The van der Waals surface area contributed by atoms with Crippen molar-refractivity contribution in [3.05, 3.63) is 29.3 Å². The van der Waals surface area contributed by atoms with Crippen molar-refractivity contribution in [2.75, 3.05) is 59.9 Å². The number of hydrogen-bond acceptors (Lipinski definition) is 8. The van der Waals surface area contributed by atoms with Gasteiger partial charge in [-0.1, -0.05) is 17.7 Å². The number of carbonyl (C=O) groups is 1. The molecule has 2 amide bonds. The fourth-order valence-electron chi connectivity index (χ4n) is 3.21. The molecule has 2 aromatic rings. The minimum absolute atomic E-state index is 0.282. The molecule has 3 N–H and O–H groups in total. The molecule has 3 heterocycles. The van der Waals surface area contributed by atoms with E-state index in [1.165, 1.54) is 0 Å². The van der Waals surface area contributed by atoms with Crippen LogP contribution in [0.4, 0.5) is 28.3 Å². The summed E-state index contributed by atoms with van der Waals surface area (Å²) in [6, 6.07) is 6.45. The maximum absolute atomic E-state index is 12.2. The van der Waals surface area contributed by atoms with Crippen LogP contribution >= 0.6 is 11.6 Å². The van der Waals surface area contributed by atoms with E-state index in [1.54, 1.807) is 24.3 Å². The lowest BCUT2D eigenvalue weighted by molar-refractivity contribution is 0.122. The van der Waals surface area contributed by atoms with Gasteiger partial charge in [-0.25, -0.2) is 10.2 Å². The Morgan fingerprint density at radius 2 is 1.69 bits per heavy atom. The summed E-state index contributed by atoms with van der Waals surface area (Å²) in [5.41, 5.74) is 5.92. The van der Waals surface area contributed by atoms with Gasteiger partial charge >= 0.3 is 6.03 Å². The van der Waals surface area contributed by atoms with Crippen LogP contribution in [0.3, 0.4) is 0 Å². The molecule has 0 bridgehead atoms. The highest BCUT2D eigenvalue weighted by Gasteiger charge is 2.21. The Morgan fingerprint density at radius 3 is 2.38 bits per heavy atom. The summed E-state index contributed by atoms with van der Waals surface area (Å²) in [6.45, 7) is 4.52. The maximum Gasteiger partial charge on any atom is 0.337 e. The third kappa shape index (κ3) is 5.15. The van der Waals surface area contributed by atoms with Gasteiger partial charge in [0.15, 0.2) is 0 Å². The molecule has 0 aliphatic carbocycles. The molecule has 4 rings (SSSR count). The SMILES string of the molecule is O=C(NNc1nc(N2CCCC2)nc(N2CCOCC2)n1)Nc1cccc(Cl)c1. The van der Waals surface area contributed by atoms with E-state index in [0.29, 0.717) is 48.9 Å². The number of ether oxygens (including phenoxy) is 1. The zero-order valence-electron chi connectivity index (χ0n) is 15.9. The summed E-state index contributed by atoms with van der Waals surface area (Å²) in [7, 11) is 0. The standard InChI is InChI=1S/C18H23ClN8O2/c19-13-4-3-5-14(12-13)20-18(28)25-24-15-21-16(26-6-1-2-7-26)23-17(22-15)27-8-10-29-11-9-27/h3-5,12H,1-2,6-11H2,(H2,20,25,28)(H,21,22,23,24). The van der Waals surface area contributed by atoms with Crippen LogP contribution in [-0.4, -0.2) is 60.4 Å². The average Bonchev–Trinajstić information content (AvgIpc) is 3.28. The number of nitrogens with zero attached hydrogens (tertiary/aromatic N) is 5. The number of hydrogen-bond donors (Lipinski definition) is 3. The van der Waals surface area contributed by atoms with Gasteiger partial charge in [0.2, 0.25) is 17.8 Å². The fraction of sp³-hybridized carbons (Fsp3) is 0.444. The Hall–Kier alpha value is -2.85. The van der Waals surface area contributed by atoms with E-state index < -0.39 is 6.03 Å². The molecule has 0 atom stereocenters. The molecule has 0 unspecified atom stereocenters. The van der Waals surface area contributed by atoms with Gasteiger partial charge < -0.3 is 19.9 Å². The second kappa shape index (κ2) is 9.10. The first-order chi connectivity index (χ1) is 14.2. The van der Waals surface area contributed by atoms with Crippen molar-refractivity contribution in [3.63, 3.8) is 0 Å². The molecule has 0 radical (unpaired) electrons. The lowest BCUT2D eigenvalue weighted by atomic mass is 10.3. The molecule has 29 heavy (non-hydrogen) atoms. The van der Waals surface area contributed by atoms with Crippen molar-refractivity contribution in [2.24, 2.45) is 0 Å². The molecule has 11 heteroatoms. The minimum atomic E-state index is -0.455. The molecule has 2 aliphatic rings. The fourth-order valence-corrected chi connectivity index (χ4v) is 3.40. The van der Waals surface area contributed by atoms with E-state index in [0.717, 1.165) is 25.9 Å². The Balaban J connectivity index is 1.46. The van der Waals surface area contributed by atoms with Crippen LogP contribution in [0.5, 0.6) is 0 Å². The van der Waals surface area contributed by atoms with Crippen LogP contribution in [0.25, 0.3) is 0 Å². The zero-order valence-corrected chi connectivity index (χ0v) is 16.7. The molecule has 2 aliphatic heterocycles. The van der Waals surface area contributed by atoms with E-state index in [1.807, 2.05) is 0 Å². The van der Waals surface area contributed by atoms with Crippen LogP contribution < -0.4 is 26.0 Å². The number of benzene rings is 1. The van der Waals surface area contributed by atoms with Gasteiger partial charge in [0.05, 0.1) is 13.2 Å². The van der Waals surface area contributed by atoms with Crippen molar-refractivity contribution in [2.45, 2.75) is 12.8 Å². The van der Waals surface area contributed by atoms with Crippen LogP contribution in [-0.2, 0) is 4.74 Å². The molecule has 0 saturated carbocycles. The monoisotopic (exact) mass is 418 g/mol. The van der Waals surface area contributed by atoms with Gasteiger partial charge in [-0.2, -0.15) is 15.0 Å². The third-order valence-electron chi connectivity index (χ3n) is 4.66. The summed E-state index contributed by atoms with van der Waals surface area (Å²) in [5, 5.41) is 3.24. The summed E-state index contributed by atoms with van der Waals surface area (Å²) in [6.07, 6.45) is 2.23. The average molecular weight is 419 g/mol. The quantitative estimate of drug-likeness (QED) is 0.634. The molecule has 1 aromatic carbocycles. The van der Waals surface area contributed by atoms with Gasteiger partial charge in [0, 0.05) is 36.9 Å². The predicted molar refractivity (Wildman–Crippen MR) is 112 cm³/mol. The predicted octanol–water partition coefficient (Wildman–Crippen LogP) is 2.11. The number of rotatable bonds is 5. The van der Waals surface area contributed by atoms with Crippen molar-refractivity contribution < 1.29 is 9.53 Å². The molecular formula is C18H23ClN8O2. The topological polar surface area (TPSA) is 108 Å². The largest absolute Gasteiger partial charge is 0.378 e. The minimum Gasteiger partial charge on any atom is -0.378 e. The number of anilines is 4. The highest BCUT2D eigenvalue weighted by molar-refractivity contribution is 6.30. The lowest BCUT2D eigenvalue weighted by Crippen LogP contribution is -2.39. The van der Waals surface area contributed by atoms with Crippen molar-refractivity contribution in [1.29, 1.82) is 0 Å². The van der Waals surface area contributed by atoms with Gasteiger partial charge in [-0.05, 0) is 31.0 Å². The van der Waals surface area contributed by atoms with Crippen molar-refractivity contribution in [1.82, 2.24) is 20.4 Å². The van der Waals surface area contributed by atoms with Crippen molar-refractivity contribution in [3.8, 4) is 0 Å². The van der Waals surface area contributed by atoms with Crippen molar-refractivity contribution >= 4 is 41.2 Å². The molecule has 2 fully saturated rings. The van der Waals surface area contributed by atoms with Gasteiger partial charge in [0.1, 0.15) is 0 Å². The van der Waals surface area contributed by atoms with E-state index in [2.05, 4.69) is 40.9 Å². The molecule has 154 valence electrons. The number of amides is 2. The van der Waals surface area contributed by atoms with E-state index >= 15 is 0 Å². The second-order valence-electron chi connectivity index (χ2n) is 6.77. The third-order valence-corrected chi connectivity index (χ3v) is 4.90. The number of morpholine rings is 1. The summed E-state index contributed by atoms with van der Waals surface area (Å²) in [4.78, 5) is 30.0. The number of aromatic nitrogens is 3. The Kier molecular flexibility index (Phi) is 6.11. The highest BCUT2D eigenvalue weighted by atomic mass is 35.5. The molecule has 2 saturated heterocycles. The van der Waals surface area contributed by atoms with Crippen LogP contribution in [0.2, 0.25) is 5.02 Å². The molecule has 10 nitrogen and oxygen atoms in total. The number of halogens is 1. The van der Waals surface area contributed by atoms with Gasteiger partial charge in [-0.15, -0.1) is 0 Å². The number of urea groups is 1. The zero-order chi connectivity index (χ0) is 20.1. The van der Waals surface area contributed by atoms with E-state index in [-0.39, 0.29) is 5.95 Å². The summed E-state index contributed by atoms with van der Waals surface area (Å²) >= 11 is 5.94. The molecule has 1 aromatic heterocycles. The van der Waals surface area contributed by atoms with Crippen LogP contribution in [0.15, 0.2) is 24.3 Å². The Bertz CT molecular complexity index is 856. The van der Waals surface area contributed by atoms with E-state index in [4.69, 9.17) is 16.3 Å². The number of carbonyl (C=O) groups excluding carboxylic acids is 1. The number of hydrazine groups is 1. The first kappa shape index (κ1) is 19.5. The lowest BCUT2D eigenvalue weighted by Gasteiger charge is -2.28. The smallest absolute Gasteiger partial charge is 0.337 e. The highest BCUT2D eigenvalue weighted by Crippen LogP contribution is 2.21. The Labute approximate surface area is 173 Å². The molecular weight excluding hydrogens is 396 g/mol. The van der Waals surface area contributed by atoms with Crippen LogP contribution in [0.1, 0.15) is 12.8 Å². The summed E-state index contributed by atoms with van der Waals surface area (Å²) < 4.78 is 5.41. The normalized spacial score (nSPS) is 16.6. The Morgan fingerprint density at radius 1 is 1.00 bits per heavy atom. The number of nitrogens with one attached hydrogen (secondary N) is 3. The maximum atomic E-state index is 12.2. The summed E-state index contributed by atoms with van der Waals surface area (Å²) in [5.74, 6) is 1.47. The van der Waals surface area contributed by atoms with Gasteiger partial charge in [0.25, 0.3) is 0 Å². The van der Waals surface area contributed by atoms with Gasteiger partial charge in [-0.3, -0.25) is 5.43 Å². The second-order valence-corrected chi connectivity index (χ2v) is 7.20. The van der Waals surface area contributed by atoms with E-state index in [9.17, 15) is 4.79 Å². The first-order valence-electron chi connectivity index (χ1n) is 9.60. The molecule has 0 spiro atoms. The van der Waals surface area contributed by atoms with Crippen LogP contribution in [0, 0.1) is 0 Å².